The van der Waals surface area contributed by atoms with E-state index in [1.165, 1.54) is 0 Å². The van der Waals surface area contributed by atoms with E-state index in [0.29, 0.717) is 0 Å². The molecule has 0 unspecified atom stereocenters. The van der Waals surface area contributed by atoms with Crippen LogP contribution in [-0.4, -0.2) is 14.5 Å². The van der Waals surface area contributed by atoms with Crippen molar-refractivity contribution in [3.05, 3.63) is 41.7 Å². The van der Waals surface area contributed by atoms with Gasteiger partial charge in [-0.3, -0.25) is 4.98 Å². The van der Waals surface area contributed by atoms with Crippen LogP contribution in [0.3, 0.4) is 0 Å². The molecule has 0 amide bonds. The van der Waals surface area contributed by atoms with Gasteiger partial charge in [-0.05, 0) is 25.0 Å². The average Bonchev–Trinajstić information content (AvgIpc) is 2.72. The summed E-state index contributed by atoms with van der Waals surface area (Å²) in [4.78, 5) is 8.38. The van der Waals surface area contributed by atoms with Gasteiger partial charge in [-0.1, -0.05) is 0 Å². The molecule has 4 nitrogen and oxygen atoms in total. The number of nitrogens with zero attached hydrogens (tertiary/aromatic N) is 3. The van der Waals surface area contributed by atoms with Gasteiger partial charge in [0.05, 0.1) is 18.6 Å². The monoisotopic (exact) mass is 202 g/mol. The van der Waals surface area contributed by atoms with Crippen LogP contribution >= 0.6 is 0 Å². The number of anilines is 1. The lowest BCUT2D eigenvalue weighted by atomic mass is 10.1. The third-order valence-corrected chi connectivity index (χ3v) is 2.57. The Morgan fingerprint density at radius 2 is 2.20 bits per heavy atom. The Morgan fingerprint density at radius 3 is 2.87 bits per heavy atom. The second-order valence-corrected chi connectivity index (χ2v) is 3.66. The number of pyridine rings is 1. The number of hydrogen-bond acceptors (Lipinski definition) is 3. The molecular weight excluding hydrogens is 188 g/mol. The van der Waals surface area contributed by atoms with Gasteiger partial charge in [0.2, 0.25) is 0 Å². The number of aromatic nitrogens is 3. The van der Waals surface area contributed by atoms with Crippen molar-refractivity contribution in [2.45, 2.75) is 20.4 Å². The van der Waals surface area contributed by atoms with E-state index in [1.54, 1.807) is 12.5 Å². The number of aryl methyl sites for hydroxylation is 1. The highest BCUT2D eigenvalue weighted by atomic mass is 15.0. The van der Waals surface area contributed by atoms with Gasteiger partial charge < -0.3 is 10.3 Å². The number of hydrogen-bond donors (Lipinski definition) is 1. The Hall–Kier alpha value is -1.84. The maximum absolute atomic E-state index is 5.95. The molecule has 0 saturated heterocycles. The van der Waals surface area contributed by atoms with Crippen LogP contribution in [0.1, 0.15) is 16.8 Å². The third kappa shape index (κ3) is 1.83. The van der Waals surface area contributed by atoms with E-state index in [-0.39, 0.29) is 0 Å². The summed E-state index contributed by atoms with van der Waals surface area (Å²) in [6.07, 6.45) is 7.26. The topological polar surface area (TPSA) is 56.7 Å². The molecule has 2 rings (SSSR count). The fourth-order valence-electron chi connectivity index (χ4n) is 1.50. The van der Waals surface area contributed by atoms with Crippen molar-refractivity contribution in [3.63, 3.8) is 0 Å². The fraction of sp³-hybridized carbons (Fsp3) is 0.273. The molecule has 0 aromatic carbocycles. The predicted octanol–water partition coefficient (Wildman–Crippen LogP) is 1.53. The van der Waals surface area contributed by atoms with Crippen molar-refractivity contribution in [2.24, 2.45) is 0 Å². The third-order valence-electron chi connectivity index (χ3n) is 2.57. The first-order valence-corrected chi connectivity index (χ1v) is 4.85. The lowest BCUT2D eigenvalue weighted by Crippen LogP contribution is -2.05. The minimum Gasteiger partial charge on any atom is -0.398 e. The van der Waals surface area contributed by atoms with E-state index in [1.807, 2.05) is 30.8 Å². The molecule has 0 aliphatic rings. The zero-order valence-electron chi connectivity index (χ0n) is 8.94. The molecule has 0 spiro atoms. The van der Waals surface area contributed by atoms with Crippen LogP contribution in [0, 0.1) is 13.8 Å². The molecule has 0 aliphatic heterocycles. The number of nitrogen functional groups attached to an aromatic ring is 1. The molecule has 0 saturated carbocycles. The van der Waals surface area contributed by atoms with Crippen LogP contribution in [0.4, 0.5) is 5.69 Å². The number of imidazole rings is 1. The highest BCUT2D eigenvalue weighted by molar-refractivity contribution is 5.53. The first kappa shape index (κ1) is 9.71. The molecule has 2 aromatic rings. The van der Waals surface area contributed by atoms with Crippen LogP contribution in [0.5, 0.6) is 0 Å². The summed E-state index contributed by atoms with van der Waals surface area (Å²) in [6.45, 7) is 4.69. The minimum atomic E-state index is 0.719. The van der Waals surface area contributed by atoms with Crippen LogP contribution in [0.25, 0.3) is 0 Å². The SMILES string of the molecule is Cc1cnc(Cn2ccnc2)c(C)c1N. The molecule has 0 bridgehead atoms. The minimum absolute atomic E-state index is 0.719. The van der Waals surface area contributed by atoms with Gasteiger partial charge in [0, 0.05) is 24.3 Å². The molecule has 0 radical (unpaired) electrons. The maximum Gasteiger partial charge on any atom is 0.0949 e. The summed E-state index contributed by atoms with van der Waals surface area (Å²) in [5.41, 5.74) is 9.87. The Kier molecular flexibility index (Phi) is 2.41. The molecule has 2 heterocycles. The van der Waals surface area contributed by atoms with Gasteiger partial charge in [-0.25, -0.2) is 4.98 Å². The predicted molar refractivity (Wildman–Crippen MR) is 59.5 cm³/mol. The van der Waals surface area contributed by atoms with Crippen molar-refractivity contribution in [1.29, 1.82) is 0 Å². The Balaban J connectivity index is 2.34. The van der Waals surface area contributed by atoms with Crippen LogP contribution in [-0.2, 0) is 6.54 Å². The molecule has 0 fully saturated rings. The lowest BCUT2D eigenvalue weighted by molar-refractivity contribution is 0.766. The van der Waals surface area contributed by atoms with Crippen LogP contribution in [0.15, 0.2) is 24.9 Å². The first-order valence-electron chi connectivity index (χ1n) is 4.85. The lowest BCUT2D eigenvalue weighted by Gasteiger charge is -2.10. The Labute approximate surface area is 88.8 Å². The van der Waals surface area contributed by atoms with Gasteiger partial charge in [0.15, 0.2) is 0 Å². The normalized spacial score (nSPS) is 10.5. The van der Waals surface area contributed by atoms with Crippen molar-refractivity contribution in [1.82, 2.24) is 14.5 Å². The molecule has 2 aromatic heterocycles. The molecule has 2 N–H and O–H groups in total. The summed E-state index contributed by atoms with van der Waals surface area (Å²) >= 11 is 0. The number of nitrogens with two attached hydrogens (primary N) is 1. The summed E-state index contributed by atoms with van der Waals surface area (Å²) in [5.74, 6) is 0. The summed E-state index contributed by atoms with van der Waals surface area (Å²) in [6, 6.07) is 0. The van der Waals surface area contributed by atoms with Gasteiger partial charge in [-0.15, -0.1) is 0 Å². The first-order chi connectivity index (χ1) is 7.18. The van der Waals surface area contributed by atoms with Crippen molar-refractivity contribution in [2.75, 3.05) is 5.73 Å². The van der Waals surface area contributed by atoms with Gasteiger partial charge >= 0.3 is 0 Å². The van der Waals surface area contributed by atoms with Gasteiger partial charge in [0.1, 0.15) is 0 Å². The summed E-state index contributed by atoms with van der Waals surface area (Å²) in [5, 5.41) is 0. The largest absolute Gasteiger partial charge is 0.398 e. The average molecular weight is 202 g/mol. The second-order valence-electron chi connectivity index (χ2n) is 3.66. The smallest absolute Gasteiger partial charge is 0.0949 e. The summed E-state index contributed by atoms with van der Waals surface area (Å²) < 4.78 is 1.98. The van der Waals surface area contributed by atoms with Crippen LogP contribution in [0.2, 0.25) is 0 Å². The molecule has 4 heteroatoms. The Morgan fingerprint density at radius 1 is 1.40 bits per heavy atom. The van der Waals surface area contributed by atoms with Gasteiger partial charge in [-0.2, -0.15) is 0 Å². The highest BCUT2D eigenvalue weighted by Gasteiger charge is 2.06. The molecular formula is C11H14N4. The molecule has 15 heavy (non-hydrogen) atoms. The van der Waals surface area contributed by atoms with E-state index < -0.39 is 0 Å². The van der Waals surface area contributed by atoms with E-state index in [9.17, 15) is 0 Å². The van der Waals surface area contributed by atoms with E-state index >= 15 is 0 Å². The zero-order chi connectivity index (χ0) is 10.8. The second kappa shape index (κ2) is 3.73. The molecule has 0 aliphatic carbocycles. The quantitative estimate of drug-likeness (QED) is 0.803. The van der Waals surface area contributed by atoms with E-state index in [2.05, 4.69) is 9.97 Å². The van der Waals surface area contributed by atoms with Crippen molar-refractivity contribution in [3.8, 4) is 0 Å². The standard InChI is InChI=1S/C11H14N4/c1-8-5-14-10(9(2)11(8)12)6-15-4-3-13-7-15/h3-5,7H,6H2,1-2H3,(H2,12,14). The zero-order valence-corrected chi connectivity index (χ0v) is 8.94. The Bertz CT molecular complexity index is 460. The molecule has 0 atom stereocenters. The van der Waals surface area contributed by atoms with Crippen molar-refractivity contribution < 1.29 is 0 Å². The van der Waals surface area contributed by atoms with Crippen molar-refractivity contribution >= 4 is 5.69 Å². The van der Waals surface area contributed by atoms with E-state index in [0.717, 1.165) is 29.1 Å². The molecule has 78 valence electrons. The maximum atomic E-state index is 5.95. The van der Waals surface area contributed by atoms with E-state index in [4.69, 9.17) is 5.73 Å². The number of rotatable bonds is 2. The summed E-state index contributed by atoms with van der Waals surface area (Å²) in [7, 11) is 0. The highest BCUT2D eigenvalue weighted by Crippen LogP contribution is 2.18. The fourth-order valence-corrected chi connectivity index (χ4v) is 1.50. The van der Waals surface area contributed by atoms with Crippen LogP contribution < -0.4 is 5.73 Å². The van der Waals surface area contributed by atoms with Gasteiger partial charge in [0.25, 0.3) is 0 Å².